The van der Waals surface area contributed by atoms with Crippen LogP contribution in [0.3, 0.4) is 0 Å². The van der Waals surface area contributed by atoms with Crippen LogP contribution >= 0.6 is 0 Å². The normalized spacial score (nSPS) is 15.1. The summed E-state index contributed by atoms with van der Waals surface area (Å²) in [5.41, 5.74) is 2.02. The number of amides is 1. The summed E-state index contributed by atoms with van der Waals surface area (Å²) in [5, 5.41) is 14.4. The molecule has 2 N–H and O–H groups in total. The van der Waals surface area contributed by atoms with Crippen molar-refractivity contribution in [3.63, 3.8) is 0 Å². The molecule has 0 aliphatic carbocycles. The highest BCUT2D eigenvalue weighted by Crippen LogP contribution is 2.18. The molecule has 1 saturated heterocycles. The van der Waals surface area contributed by atoms with Crippen LogP contribution in [0, 0.1) is 0 Å². The van der Waals surface area contributed by atoms with Gasteiger partial charge in [-0.1, -0.05) is 17.3 Å². The fourth-order valence-corrected chi connectivity index (χ4v) is 3.10. The number of carbonyl (C=O) groups is 1. The number of piperidine rings is 1. The Labute approximate surface area is 165 Å². The van der Waals surface area contributed by atoms with Crippen molar-refractivity contribution in [1.82, 2.24) is 20.3 Å². The van der Waals surface area contributed by atoms with Gasteiger partial charge in [0.1, 0.15) is 0 Å². The van der Waals surface area contributed by atoms with E-state index in [1.807, 2.05) is 38.1 Å². The molecule has 2 heterocycles. The minimum Gasteiger partial charge on any atom is -0.376 e. The summed E-state index contributed by atoms with van der Waals surface area (Å²) < 4.78 is 12.9. The average molecular weight is 387 g/mol. The number of ether oxygens (including phenoxy) is 2. The highest BCUT2D eigenvalue weighted by molar-refractivity contribution is 6.02. The monoisotopic (exact) mass is 387 g/mol. The van der Waals surface area contributed by atoms with Crippen molar-refractivity contribution in [2.45, 2.75) is 45.4 Å². The second-order valence-electron chi connectivity index (χ2n) is 7.19. The van der Waals surface area contributed by atoms with Crippen LogP contribution in [0.2, 0.25) is 0 Å². The van der Waals surface area contributed by atoms with E-state index in [9.17, 15) is 4.79 Å². The van der Waals surface area contributed by atoms with E-state index in [1.165, 1.54) is 0 Å². The molecule has 0 spiro atoms. The van der Waals surface area contributed by atoms with Crippen molar-refractivity contribution in [2.75, 3.05) is 31.6 Å². The van der Waals surface area contributed by atoms with Gasteiger partial charge in [-0.25, -0.2) is 4.68 Å². The van der Waals surface area contributed by atoms with Gasteiger partial charge in [0.2, 0.25) is 0 Å². The number of benzene rings is 1. The van der Waals surface area contributed by atoms with Crippen molar-refractivity contribution in [3.8, 4) is 0 Å². The number of nitrogens with one attached hydrogen (secondary N) is 2. The van der Waals surface area contributed by atoms with Gasteiger partial charge in [-0.3, -0.25) is 4.79 Å². The zero-order valence-corrected chi connectivity index (χ0v) is 16.6. The molecule has 1 aromatic heterocycles. The molecule has 1 aliphatic heterocycles. The van der Waals surface area contributed by atoms with E-state index in [2.05, 4.69) is 20.9 Å². The second kappa shape index (κ2) is 10.3. The first kappa shape index (κ1) is 20.4. The Morgan fingerprint density at radius 1 is 1.32 bits per heavy atom. The summed E-state index contributed by atoms with van der Waals surface area (Å²) in [6.45, 7) is 7.50. The van der Waals surface area contributed by atoms with Gasteiger partial charge < -0.3 is 20.1 Å². The molecule has 0 saturated carbocycles. The highest BCUT2D eigenvalue weighted by atomic mass is 16.5. The molecule has 2 aromatic rings. The number of hydrogen-bond donors (Lipinski definition) is 2. The quantitative estimate of drug-likeness (QED) is 0.642. The lowest BCUT2D eigenvalue weighted by atomic mass is 10.1. The molecular weight excluding hydrogens is 358 g/mol. The summed E-state index contributed by atoms with van der Waals surface area (Å²) in [5.74, 6) is -0.261. The van der Waals surface area contributed by atoms with Crippen molar-refractivity contribution < 1.29 is 14.3 Å². The lowest BCUT2D eigenvalue weighted by molar-refractivity contribution is 0.0143. The van der Waals surface area contributed by atoms with Crippen molar-refractivity contribution >= 4 is 11.6 Å². The topological polar surface area (TPSA) is 90.3 Å². The number of hydrogen-bond acceptors (Lipinski definition) is 6. The summed E-state index contributed by atoms with van der Waals surface area (Å²) in [6, 6.07) is 7.91. The summed E-state index contributed by atoms with van der Waals surface area (Å²) in [4.78, 5) is 12.5. The van der Waals surface area contributed by atoms with Crippen LogP contribution in [0.1, 0.15) is 48.8 Å². The van der Waals surface area contributed by atoms with Crippen molar-refractivity contribution in [2.24, 2.45) is 0 Å². The van der Waals surface area contributed by atoms with Gasteiger partial charge in [0, 0.05) is 5.69 Å². The Morgan fingerprint density at radius 2 is 2.14 bits per heavy atom. The Kier molecular flexibility index (Phi) is 7.53. The molecule has 1 amide bonds. The molecule has 3 rings (SSSR count). The molecule has 0 unspecified atom stereocenters. The number of carbonyl (C=O) groups excluding carboxylic acids is 1. The Bertz CT molecular complexity index is 756. The lowest BCUT2D eigenvalue weighted by Gasteiger charge is -2.22. The van der Waals surface area contributed by atoms with E-state index in [1.54, 1.807) is 10.9 Å². The van der Waals surface area contributed by atoms with Crippen LogP contribution in [0.5, 0.6) is 0 Å². The van der Waals surface area contributed by atoms with E-state index in [4.69, 9.17) is 9.47 Å². The van der Waals surface area contributed by atoms with E-state index in [0.29, 0.717) is 37.2 Å². The van der Waals surface area contributed by atoms with Gasteiger partial charge in [-0.15, -0.1) is 5.10 Å². The Balaban J connectivity index is 1.50. The molecule has 152 valence electrons. The maximum Gasteiger partial charge on any atom is 0.277 e. The standard InChI is InChI=1S/C20H29N5O3/c1-15(2)28-11-10-27-14-16-4-3-5-17(12-16)22-20(26)19-13-25(24-23-19)18-6-8-21-9-7-18/h3-5,12-13,15,18,21H,6-11,14H2,1-2H3,(H,22,26). The predicted octanol–water partition coefficient (Wildman–Crippen LogP) is 2.40. The fraction of sp³-hybridized carbons (Fsp3) is 0.550. The van der Waals surface area contributed by atoms with Crippen molar-refractivity contribution in [1.29, 1.82) is 0 Å². The number of nitrogens with zero attached hydrogens (tertiary/aromatic N) is 3. The SMILES string of the molecule is CC(C)OCCOCc1cccc(NC(=O)c2cn(C3CCNCC3)nn2)c1. The first-order valence-corrected chi connectivity index (χ1v) is 9.84. The maximum atomic E-state index is 12.5. The van der Waals surface area contributed by atoms with Gasteiger partial charge in [-0.2, -0.15) is 0 Å². The highest BCUT2D eigenvalue weighted by Gasteiger charge is 2.18. The number of aromatic nitrogens is 3. The molecule has 0 atom stereocenters. The number of rotatable bonds is 9. The minimum absolute atomic E-state index is 0.204. The van der Waals surface area contributed by atoms with Crippen LogP contribution < -0.4 is 10.6 Å². The molecule has 0 bridgehead atoms. The Hall–Kier alpha value is -2.29. The third kappa shape index (κ3) is 6.12. The maximum absolute atomic E-state index is 12.5. The molecule has 28 heavy (non-hydrogen) atoms. The molecular formula is C20H29N5O3. The molecule has 0 radical (unpaired) electrons. The van der Waals surface area contributed by atoms with E-state index >= 15 is 0 Å². The zero-order valence-electron chi connectivity index (χ0n) is 16.6. The average Bonchev–Trinajstić information content (AvgIpc) is 3.19. The van der Waals surface area contributed by atoms with Crippen LogP contribution in [-0.2, 0) is 16.1 Å². The largest absolute Gasteiger partial charge is 0.376 e. The van der Waals surface area contributed by atoms with Crippen LogP contribution in [0.15, 0.2) is 30.5 Å². The third-order valence-corrected chi connectivity index (χ3v) is 4.56. The molecule has 1 aromatic carbocycles. The van der Waals surface area contributed by atoms with Gasteiger partial charge in [0.05, 0.1) is 38.2 Å². The molecule has 8 nitrogen and oxygen atoms in total. The summed E-state index contributed by atoms with van der Waals surface area (Å²) in [6.07, 6.45) is 3.92. The van der Waals surface area contributed by atoms with Gasteiger partial charge in [-0.05, 0) is 57.5 Å². The Morgan fingerprint density at radius 3 is 2.93 bits per heavy atom. The molecule has 1 aliphatic rings. The first-order valence-electron chi connectivity index (χ1n) is 9.84. The molecule has 8 heteroatoms. The zero-order chi connectivity index (χ0) is 19.8. The fourth-order valence-electron chi connectivity index (χ4n) is 3.10. The number of anilines is 1. The summed E-state index contributed by atoms with van der Waals surface area (Å²) in [7, 11) is 0. The predicted molar refractivity (Wildman–Crippen MR) is 106 cm³/mol. The second-order valence-corrected chi connectivity index (χ2v) is 7.19. The van der Waals surface area contributed by atoms with E-state index in [-0.39, 0.29) is 12.0 Å². The summed E-state index contributed by atoms with van der Waals surface area (Å²) >= 11 is 0. The van der Waals surface area contributed by atoms with Crippen molar-refractivity contribution in [3.05, 3.63) is 41.7 Å². The van der Waals surface area contributed by atoms with Gasteiger partial charge in [0.25, 0.3) is 5.91 Å². The van der Waals surface area contributed by atoms with Gasteiger partial charge in [0.15, 0.2) is 5.69 Å². The van der Waals surface area contributed by atoms with Crippen LogP contribution in [-0.4, -0.2) is 53.3 Å². The molecule has 1 fully saturated rings. The van der Waals surface area contributed by atoms with E-state index < -0.39 is 0 Å². The van der Waals surface area contributed by atoms with Gasteiger partial charge >= 0.3 is 0 Å². The first-order chi connectivity index (χ1) is 13.6. The smallest absolute Gasteiger partial charge is 0.277 e. The van der Waals surface area contributed by atoms with E-state index in [0.717, 1.165) is 31.5 Å². The third-order valence-electron chi connectivity index (χ3n) is 4.56. The lowest BCUT2D eigenvalue weighted by Crippen LogP contribution is -2.29. The van der Waals surface area contributed by atoms with Crippen LogP contribution in [0.4, 0.5) is 5.69 Å². The minimum atomic E-state index is -0.261. The van der Waals surface area contributed by atoms with Crippen LogP contribution in [0.25, 0.3) is 0 Å².